The topological polar surface area (TPSA) is 69.1 Å². The SMILES string of the molecule is Nc1ccc(-c2nn3c(C(F)(F)F)nnc3s2)c(F)c1. The maximum absolute atomic E-state index is 13.7. The third-order valence-electron chi connectivity index (χ3n) is 2.47. The summed E-state index contributed by atoms with van der Waals surface area (Å²) in [5.74, 6) is -1.91. The quantitative estimate of drug-likeness (QED) is 0.554. The molecule has 3 aromatic rings. The molecule has 0 aliphatic rings. The molecular formula is C10H5F4N5S. The molecule has 0 saturated carbocycles. The van der Waals surface area contributed by atoms with Crippen molar-refractivity contribution in [2.24, 2.45) is 0 Å². The fraction of sp³-hybridized carbons (Fsp3) is 0.100. The van der Waals surface area contributed by atoms with Crippen molar-refractivity contribution in [2.45, 2.75) is 6.18 Å². The maximum Gasteiger partial charge on any atom is 0.453 e. The smallest absolute Gasteiger partial charge is 0.399 e. The Hall–Kier alpha value is -2.23. The van der Waals surface area contributed by atoms with E-state index >= 15 is 0 Å². The zero-order valence-electron chi connectivity index (χ0n) is 9.52. The lowest BCUT2D eigenvalue weighted by molar-refractivity contribution is -0.146. The van der Waals surface area contributed by atoms with E-state index in [1.54, 1.807) is 0 Å². The minimum atomic E-state index is -4.68. The molecule has 0 aliphatic carbocycles. The average molecular weight is 303 g/mol. The van der Waals surface area contributed by atoms with Gasteiger partial charge in [-0.3, -0.25) is 0 Å². The number of benzene rings is 1. The summed E-state index contributed by atoms with van der Waals surface area (Å²) >= 11 is 0.805. The van der Waals surface area contributed by atoms with Gasteiger partial charge in [-0.2, -0.15) is 22.8 Å². The average Bonchev–Trinajstić information content (AvgIpc) is 2.86. The first kappa shape index (κ1) is 12.8. The van der Waals surface area contributed by atoms with E-state index in [1.807, 2.05) is 0 Å². The van der Waals surface area contributed by atoms with Gasteiger partial charge in [0.1, 0.15) is 5.82 Å². The monoisotopic (exact) mass is 303 g/mol. The molecular weight excluding hydrogens is 298 g/mol. The van der Waals surface area contributed by atoms with Gasteiger partial charge >= 0.3 is 6.18 Å². The summed E-state index contributed by atoms with van der Waals surface area (Å²) in [6.45, 7) is 0. The van der Waals surface area contributed by atoms with Gasteiger partial charge in [-0.05, 0) is 18.2 Å². The molecule has 0 unspecified atom stereocenters. The van der Waals surface area contributed by atoms with Crippen LogP contribution in [0.3, 0.4) is 0 Å². The molecule has 0 spiro atoms. The number of aromatic nitrogens is 4. The van der Waals surface area contributed by atoms with Crippen LogP contribution in [-0.4, -0.2) is 19.8 Å². The Kier molecular flexibility index (Phi) is 2.64. The van der Waals surface area contributed by atoms with Crippen molar-refractivity contribution in [2.75, 3.05) is 5.73 Å². The molecule has 5 nitrogen and oxygen atoms in total. The standard InChI is InChI=1S/C10H5F4N5S/c11-6-3-4(15)1-2-5(6)7-18-19-8(10(12,13)14)16-17-9(19)20-7/h1-3H,15H2. The summed E-state index contributed by atoms with van der Waals surface area (Å²) in [6.07, 6.45) is -4.68. The molecule has 0 radical (unpaired) electrons. The number of nitrogens with zero attached hydrogens (tertiary/aromatic N) is 4. The Labute approximate surface area is 112 Å². The molecule has 0 atom stereocenters. The van der Waals surface area contributed by atoms with Gasteiger partial charge in [-0.25, -0.2) is 4.39 Å². The third-order valence-corrected chi connectivity index (χ3v) is 3.40. The summed E-state index contributed by atoms with van der Waals surface area (Å²) in [5.41, 5.74) is 5.68. The van der Waals surface area contributed by atoms with Crippen LogP contribution in [0.5, 0.6) is 0 Å². The number of anilines is 1. The fourth-order valence-electron chi connectivity index (χ4n) is 1.61. The number of nitrogen functional groups attached to an aromatic ring is 1. The summed E-state index contributed by atoms with van der Waals surface area (Å²) in [7, 11) is 0. The van der Waals surface area contributed by atoms with Crippen molar-refractivity contribution in [3.8, 4) is 10.6 Å². The lowest BCUT2D eigenvalue weighted by atomic mass is 10.2. The van der Waals surface area contributed by atoms with E-state index < -0.39 is 17.8 Å². The summed E-state index contributed by atoms with van der Waals surface area (Å²) in [4.78, 5) is -0.0662. The zero-order valence-corrected chi connectivity index (χ0v) is 10.3. The Balaban J connectivity index is 2.16. The molecule has 0 saturated heterocycles. The van der Waals surface area contributed by atoms with Crippen molar-refractivity contribution in [1.82, 2.24) is 19.8 Å². The van der Waals surface area contributed by atoms with Gasteiger partial charge in [-0.15, -0.1) is 10.2 Å². The van der Waals surface area contributed by atoms with Crippen molar-refractivity contribution < 1.29 is 17.6 Å². The van der Waals surface area contributed by atoms with Crippen LogP contribution in [0.15, 0.2) is 18.2 Å². The molecule has 10 heteroatoms. The molecule has 2 aromatic heterocycles. The van der Waals surface area contributed by atoms with Crippen molar-refractivity contribution in [1.29, 1.82) is 0 Å². The third kappa shape index (κ3) is 1.97. The molecule has 2 N–H and O–H groups in total. The molecule has 0 bridgehead atoms. The number of alkyl halides is 3. The van der Waals surface area contributed by atoms with Crippen LogP contribution in [-0.2, 0) is 6.18 Å². The van der Waals surface area contributed by atoms with Crippen LogP contribution in [0.2, 0.25) is 0 Å². The number of fused-ring (bicyclic) bond motifs is 1. The molecule has 0 fully saturated rings. The number of hydrogen-bond acceptors (Lipinski definition) is 5. The van der Waals surface area contributed by atoms with E-state index in [4.69, 9.17) is 5.73 Å². The van der Waals surface area contributed by atoms with E-state index in [2.05, 4.69) is 15.3 Å². The van der Waals surface area contributed by atoms with Crippen LogP contribution < -0.4 is 5.73 Å². The molecule has 0 amide bonds. The van der Waals surface area contributed by atoms with Gasteiger partial charge in [0.05, 0.1) is 0 Å². The van der Waals surface area contributed by atoms with Crippen LogP contribution >= 0.6 is 11.3 Å². The minimum absolute atomic E-state index is 0.0582. The van der Waals surface area contributed by atoms with E-state index in [1.165, 1.54) is 12.1 Å². The largest absolute Gasteiger partial charge is 0.453 e. The van der Waals surface area contributed by atoms with Gasteiger partial charge in [0, 0.05) is 11.3 Å². The van der Waals surface area contributed by atoms with E-state index in [-0.39, 0.29) is 21.2 Å². The Bertz CT molecular complexity index is 791. The second-order valence-electron chi connectivity index (χ2n) is 3.86. The maximum atomic E-state index is 13.7. The highest BCUT2D eigenvalue weighted by molar-refractivity contribution is 7.19. The molecule has 1 aromatic carbocycles. The number of hydrogen-bond donors (Lipinski definition) is 1. The van der Waals surface area contributed by atoms with E-state index in [0.717, 1.165) is 17.4 Å². The number of rotatable bonds is 1. The van der Waals surface area contributed by atoms with E-state index in [9.17, 15) is 17.6 Å². The van der Waals surface area contributed by atoms with Crippen molar-refractivity contribution in [3.05, 3.63) is 29.8 Å². The Morgan fingerprint density at radius 2 is 1.95 bits per heavy atom. The fourth-order valence-corrected chi connectivity index (χ4v) is 2.47. The Morgan fingerprint density at radius 3 is 2.60 bits per heavy atom. The first-order chi connectivity index (χ1) is 9.36. The van der Waals surface area contributed by atoms with Crippen LogP contribution in [0.25, 0.3) is 15.5 Å². The van der Waals surface area contributed by atoms with Gasteiger partial charge in [-0.1, -0.05) is 11.3 Å². The zero-order chi connectivity index (χ0) is 14.5. The molecule has 0 aliphatic heterocycles. The minimum Gasteiger partial charge on any atom is -0.399 e. The highest BCUT2D eigenvalue weighted by Gasteiger charge is 2.38. The normalized spacial score (nSPS) is 12.2. The van der Waals surface area contributed by atoms with Crippen molar-refractivity contribution in [3.63, 3.8) is 0 Å². The molecule has 3 rings (SSSR count). The van der Waals surface area contributed by atoms with Crippen LogP contribution in [0.4, 0.5) is 23.2 Å². The highest BCUT2D eigenvalue weighted by atomic mass is 32.1. The van der Waals surface area contributed by atoms with E-state index in [0.29, 0.717) is 4.52 Å². The van der Waals surface area contributed by atoms with Gasteiger partial charge in [0.2, 0.25) is 4.96 Å². The highest BCUT2D eigenvalue weighted by Crippen LogP contribution is 2.32. The second-order valence-corrected chi connectivity index (χ2v) is 4.82. The molecule has 2 heterocycles. The number of halogens is 4. The predicted octanol–water partition coefficient (Wildman–Crippen LogP) is 2.59. The summed E-state index contributed by atoms with van der Waals surface area (Å²) in [6, 6.07) is 3.86. The Morgan fingerprint density at radius 1 is 1.20 bits per heavy atom. The van der Waals surface area contributed by atoms with Crippen molar-refractivity contribution >= 4 is 22.0 Å². The second kappa shape index (κ2) is 4.13. The predicted molar refractivity (Wildman–Crippen MR) is 63.5 cm³/mol. The number of nitrogens with two attached hydrogens (primary N) is 1. The molecule has 20 heavy (non-hydrogen) atoms. The molecule has 104 valence electrons. The lowest BCUT2D eigenvalue weighted by Gasteiger charge is -2.01. The lowest BCUT2D eigenvalue weighted by Crippen LogP contribution is -2.11. The van der Waals surface area contributed by atoms with Crippen LogP contribution in [0, 0.1) is 5.82 Å². The van der Waals surface area contributed by atoms with Crippen LogP contribution in [0.1, 0.15) is 5.82 Å². The summed E-state index contributed by atoms with van der Waals surface area (Å²) < 4.78 is 52.2. The first-order valence-corrected chi connectivity index (χ1v) is 6.03. The van der Waals surface area contributed by atoms with Gasteiger partial charge < -0.3 is 5.73 Å². The van der Waals surface area contributed by atoms with Gasteiger partial charge in [0.15, 0.2) is 5.01 Å². The van der Waals surface area contributed by atoms with Gasteiger partial charge in [0.25, 0.3) is 5.82 Å². The first-order valence-electron chi connectivity index (χ1n) is 5.21. The summed E-state index contributed by atoms with van der Waals surface area (Å²) in [5, 5.41) is 10.2.